The fourth-order valence-electron chi connectivity index (χ4n) is 3.63. The van der Waals surface area contributed by atoms with Crippen molar-refractivity contribution in [2.24, 2.45) is 11.8 Å². The van der Waals surface area contributed by atoms with Crippen LogP contribution >= 0.6 is 11.6 Å². The van der Waals surface area contributed by atoms with Gasteiger partial charge in [0.15, 0.2) is 0 Å². The number of halogens is 1. The van der Waals surface area contributed by atoms with E-state index in [-0.39, 0.29) is 0 Å². The van der Waals surface area contributed by atoms with Gasteiger partial charge in [-0.05, 0) is 36.3 Å². The van der Waals surface area contributed by atoms with Gasteiger partial charge in [0.25, 0.3) is 0 Å². The van der Waals surface area contributed by atoms with Crippen LogP contribution in [0.5, 0.6) is 0 Å². The summed E-state index contributed by atoms with van der Waals surface area (Å²) in [5.74, 6) is 2.44. The van der Waals surface area contributed by atoms with Crippen LogP contribution in [0, 0.1) is 11.8 Å². The number of hydrogen-bond acceptors (Lipinski definition) is 1. The molecule has 0 radical (unpaired) electrons. The number of benzene rings is 1. The monoisotopic (exact) mass is 249 g/mol. The van der Waals surface area contributed by atoms with Crippen LogP contribution in [0.3, 0.4) is 0 Å². The van der Waals surface area contributed by atoms with Gasteiger partial charge < -0.3 is 5.32 Å². The van der Waals surface area contributed by atoms with Gasteiger partial charge >= 0.3 is 0 Å². The molecule has 1 nitrogen and oxygen atoms in total. The van der Waals surface area contributed by atoms with Crippen molar-refractivity contribution >= 4 is 17.3 Å². The van der Waals surface area contributed by atoms with Gasteiger partial charge in [-0.1, -0.05) is 43.5 Å². The summed E-state index contributed by atoms with van der Waals surface area (Å²) in [6.07, 6.45) is 5.60. The Morgan fingerprint density at radius 1 is 1.29 bits per heavy atom. The molecule has 3 rings (SSSR count). The molecule has 1 saturated carbocycles. The molecule has 0 amide bonds. The van der Waals surface area contributed by atoms with Gasteiger partial charge in [-0.3, -0.25) is 0 Å². The van der Waals surface area contributed by atoms with Crippen LogP contribution in [0.4, 0.5) is 5.69 Å². The highest BCUT2D eigenvalue weighted by molar-refractivity contribution is 6.33. The minimum atomic E-state index is 0.687. The van der Waals surface area contributed by atoms with Crippen LogP contribution in [-0.2, 0) is 0 Å². The lowest BCUT2D eigenvalue weighted by molar-refractivity contribution is 0.253. The molecule has 0 spiro atoms. The van der Waals surface area contributed by atoms with Crippen molar-refractivity contribution in [3.05, 3.63) is 28.8 Å². The highest BCUT2D eigenvalue weighted by Gasteiger charge is 2.32. The van der Waals surface area contributed by atoms with Crippen LogP contribution in [-0.4, -0.2) is 6.54 Å². The average molecular weight is 250 g/mol. The first-order chi connectivity index (χ1) is 8.25. The normalized spacial score (nSPS) is 32.0. The number of nitrogens with one attached hydrogen (secondary N) is 1. The summed E-state index contributed by atoms with van der Waals surface area (Å²) in [4.78, 5) is 0. The molecule has 1 heterocycles. The first-order valence-corrected chi connectivity index (χ1v) is 7.16. The number of fused-ring (bicyclic) bond motifs is 1. The zero-order valence-corrected chi connectivity index (χ0v) is 11.1. The quantitative estimate of drug-likeness (QED) is 0.762. The Labute approximate surface area is 109 Å². The van der Waals surface area contributed by atoms with Crippen molar-refractivity contribution < 1.29 is 0 Å². The number of para-hydroxylation sites is 1. The van der Waals surface area contributed by atoms with E-state index >= 15 is 0 Å². The largest absolute Gasteiger partial charge is 0.383 e. The van der Waals surface area contributed by atoms with E-state index in [9.17, 15) is 0 Å². The molecule has 0 saturated heterocycles. The van der Waals surface area contributed by atoms with Crippen molar-refractivity contribution in [3.8, 4) is 0 Å². The fraction of sp³-hybridized carbons (Fsp3) is 0.600. The molecule has 1 aromatic rings. The summed E-state index contributed by atoms with van der Waals surface area (Å²) in [5.41, 5.74) is 2.65. The molecule has 3 unspecified atom stereocenters. The second-order valence-corrected chi connectivity index (χ2v) is 6.13. The van der Waals surface area contributed by atoms with Gasteiger partial charge in [0.05, 0.1) is 10.7 Å². The molecule has 0 aromatic heterocycles. The topological polar surface area (TPSA) is 12.0 Å². The van der Waals surface area contributed by atoms with Gasteiger partial charge in [0, 0.05) is 12.5 Å². The molecule has 2 heteroatoms. The molecule has 1 aliphatic heterocycles. The number of anilines is 1. The van der Waals surface area contributed by atoms with Gasteiger partial charge in [0.1, 0.15) is 0 Å². The summed E-state index contributed by atoms with van der Waals surface area (Å²) in [6.45, 7) is 3.48. The molecule has 1 aromatic carbocycles. The number of rotatable bonds is 1. The van der Waals surface area contributed by atoms with E-state index in [1.54, 1.807) is 0 Å². The number of hydrogen-bond donors (Lipinski definition) is 1. The van der Waals surface area contributed by atoms with Crippen molar-refractivity contribution in [2.45, 2.75) is 38.5 Å². The molecule has 1 aliphatic carbocycles. The third-order valence-electron chi connectivity index (χ3n) is 4.49. The predicted molar refractivity (Wildman–Crippen MR) is 73.8 cm³/mol. The Balaban J connectivity index is 1.85. The summed E-state index contributed by atoms with van der Waals surface area (Å²) < 4.78 is 0. The molecular formula is C15H20ClN. The van der Waals surface area contributed by atoms with Gasteiger partial charge in [0.2, 0.25) is 0 Å². The van der Waals surface area contributed by atoms with E-state index in [0.717, 1.165) is 23.4 Å². The predicted octanol–water partition coefficient (Wildman–Crippen LogP) is 4.68. The Hall–Kier alpha value is -0.690. The molecule has 2 aliphatic rings. The van der Waals surface area contributed by atoms with Crippen molar-refractivity contribution in [2.75, 3.05) is 11.9 Å². The van der Waals surface area contributed by atoms with E-state index in [1.165, 1.54) is 36.9 Å². The zero-order valence-electron chi connectivity index (χ0n) is 10.4. The summed E-state index contributed by atoms with van der Waals surface area (Å²) >= 11 is 6.24. The van der Waals surface area contributed by atoms with E-state index < -0.39 is 0 Å². The molecular weight excluding hydrogens is 230 g/mol. The molecule has 0 bridgehead atoms. The Morgan fingerprint density at radius 2 is 2.18 bits per heavy atom. The third kappa shape index (κ3) is 2.06. The lowest BCUT2D eigenvalue weighted by atomic mass is 9.74. The Morgan fingerprint density at radius 3 is 3.00 bits per heavy atom. The zero-order chi connectivity index (χ0) is 11.8. The smallest absolute Gasteiger partial charge is 0.0640 e. The van der Waals surface area contributed by atoms with Crippen molar-refractivity contribution in [3.63, 3.8) is 0 Å². The van der Waals surface area contributed by atoms with E-state index in [2.05, 4.69) is 24.4 Å². The summed E-state index contributed by atoms with van der Waals surface area (Å²) in [7, 11) is 0. The Bertz CT molecular complexity index is 415. The van der Waals surface area contributed by atoms with Gasteiger partial charge in [-0.15, -0.1) is 0 Å². The van der Waals surface area contributed by atoms with Crippen LogP contribution in [0.25, 0.3) is 0 Å². The first-order valence-electron chi connectivity index (χ1n) is 6.78. The maximum Gasteiger partial charge on any atom is 0.0640 e. The molecule has 1 N–H and O–H groups in total. The molecule has 92 valence electrons. The van der Waals surface area contributed by atoms with Crippen LogP contribution in [0.1, 0.15) is 44.1 Å². The van der Waals surface area contributed by atoms with E-state index in [0.29, 0.717) is 5.92 Å². The average Bonchev–Trinajstić information content (AvgIpc) is 2.74. The van der Waals surface area contributed by atoms with Crippen LogP contribution in [0.2, 0.25) is 5.02 Å². The summed E-state index contributed by atoms with van der Waals surface area (Å²) in [6, 6.07) is 6.33. The fourth-order valence-corrected chi connectivity index (χ4v) is 3.87. The van der Waals surface area contributed by atoms with E-state index in [4.69, 9.17) is 11.6 Å². The molecule has 17 heavy (non-hydrogen) atoms. The second-order valence-electron chi connectivity index (χ2n) is 5.72. The highest BCUT2D eigenvalue weighted by Crippen LogP contribution is 2.45. The Kier molecular flexibility index (Phi) is 3.04. The standard InChI is InChI=1S/C15H20ClN/c1-10-4-2-5-11(8-10)13-9-17-15-12(13)6-3-7-14(15)16/h3,6-7,10-11,13,17H,2,4-5,8-9H2,1H3. The SMILES string of the molecule is CC1CCCC(C2CNc3c(Cl)cccc32)C1. The lowest BCUT2D eigenvalue weighted by Gasteiger charge is -2.31. The van der Waals surface area contributed by atoms with Gasteiger partial charge in [-0.2, -0.15) is 0 Å². The second kappa shape index (κ2) is 4.53. The van der Waals surface area contributed by atoms with Gasteiger partial charge in [-0.25, -0.2) is 0 Å². The van der Waals surface area contributed by atoms with E-state index in [1.807, 2.05) is 6.07 Å². The highest BCUT2D eigenvalue weighted by atomic mass is 35.5. The maximum atomic E-state index is 6.24. The third-order valence-corrected chi connectivity index (χ3v) is 4.81. The lowest BCUT2D eigenvalue weighted by Crippen LogP contribution is -2.21. The van der Waals surface area contributed by atoms with Crippen molar-refractivity contribution in [1.82, 2.24) is 0 Å². The molecule has 1 fully saturated rings. The van der Waals surface area contributed by atoms with Crippen LogP contribution in [0.15, 0.2) is 18.2 Å². The van der Waals surface area contributed by atoms with Crippen LogP contribution < -0.4 is 5.32 Å². The first kappa shape index (κ1) is 11.4. The summed E-state index contributed by atoms with van der Waals surface area (Å²) in [5, 5.41) is 4.38. The molecule has 3 atom stereocenters. The maximum absolute atomic E-state index is 6.24. The minimum absolute atomic E-state index is 0.687. The van der Waals surface area contributed by atoms with Crippen molar-refractivity contribution in [1.29, 1.82) is 0 Å². The minimum Gasteiger partial charge on any atom is -0.383 e.